The van der Waals surface area contributed by atoms with Crippen LogP contribution in [0.15, 0.2) is 33.9 Å². The Bertz CT molecular complexity index is 1300. The summed E-state index contributed by atoms with van der Waals surface area (Å²) in [5.74, 6) is 0.532. The molecule has 1 fully saturated rings. The molecular formula is C22H27ClN6O3. The maximum atomic E-state index is 12.9. The first-order valence-electron chi connectivity index (χ1n) is 10.6. The number of benzene rings is 1. The van der Waals surface area contributed by atoms with E-state index < -0.39 is 17.3 Å². The number of hydrogen-bond acceptors (Lipinski definition) is 6. The summed E-state index contributed by atoms with van der Waals surface area (Å²) in [4.78, 5) is 46.7. The van der Waals surface area contributed by atoms with Gasteiger partial charge in [0.15, 0.2) is 16.9 Å². The molecule has 3 heterocycles. The second kappa shape index (κ2) is 8.55. The maximum absolute atomic E-state index is 12.9. The quantitative estimate of drug-likeness (QED) is 0.576. The number of Topliss-reactive ketones (excluding diaryl/α,β-unsaturated/α-hetero) is 1. The van der Waals surface area contributed by atoms with E-state index in [0.717, 1.165) is 36.4 Å². The van der Waals surface area contributed by atoms with Crippen LogP contribution in [0.5, 0.6) is 0 Å². The number of rotatable bonds is 5. The molecule has 1 aliphatic rings. The van der Waals surface area contributed by atoms with E-state index in [4.69, 9.17) is 11.6 Å². The number of hydrogen-bond donors (Lipinski definition) is 0. The van der Waals surface area contributed by atoms with Crippen molar-refractivity contribution in [1.29, 1.82) is 0 Å². The molecule has 0 N–H and O–H groups in total. The van der Waals surface area contributed by atoms with Crippen LogP contribution in [0.1, 0.15) is 25.7 Å². The highest BCUT2D eigenvalue weighted by molar-refractivity contribution is 6.30. The van der Waals surface area contributed by atoms with Crippen molar-refractivity contribution in [2.45, 2.75) is 26.4 Å². The number of nitrogens with zero attached hydrogens (tertiary/aromatic N) is 6. The zero-order chi connectivity index (χ0) is 23.2. The number of imidazole rings is 1. The Balaban J connectivity index is 1.66. The van der Waals surface area contributed by atoms with E-state index >= 15 is 0 Å². The molecule has 1 aliphatic heterocycles. The zero-order valence-electron chi connectivity index (χ0n) is 18.7. The van der Waals surface area contributed by atoms with Gasteiger partial charge in [0.2, 0.25) is 0 Å². The van der Waals surface area contributed by atoms with Gasteiger partial charge >= 0.3 is 5.69 Å². The number of carbonyl (C=O) groups is 1. The van der Waals surface area contributed by atoms with Crippen molar-refractivity contribution in [1.82, 2.24) is 23.6 Å². The fourth-order valence-electron chi connectivity index (χ4n) is 4.21. The molecular weight excluding hydrogens is 432 g/mol. The molecule has 170 valence electrons. The van der Waals surface area contributed by atoms with E-state index in [1.165, 1.54) is 18.5 Å². The van der Waals surface area contributed by atoms with E-state index in [2.05, 4.69) is 14.8 Å². The molecule has 0 bridgehead atoms. The minimum atomic E-state index is -0.562. The van der Waals surface area contributed by atoms with Crippen LogP contribution in [-0.4, -0.2) is 55.5 Å². The summed E-state index contributed by atoms with van der Waals surface area (Å²) in [5, 5.41) is 0.712. The number of aryl methyl sites for hydroxylation is 1. The third-order valence-electron chi connectivity index (χ3n) is 6.25. The Hall–Kier alpha value is -2.91. The van der Waals surface area contributed by atoms with Crippen LogP contribution >= 0.6 is 11.6 Å². The summed E-state index contributed by atoms with van der Waals surface area (Å²) in [6.07, 6.45) is 0. The third-order valence-corrected chi connectivity index (χ3v) is 6.49. The summed E-state index contributed by atoms with van der Waals surface area (Å²) in [6, 6.07) is 7.25. The normalized spacial score (nSPS) is 16.0. The number of ketones is 1. The van der Waals surface area contributed by atoms with Gasteiger partial charge in [0.05, 0.1) is 12.6 Å². The molecule has 32 heavy (non-hydrogen) atoms. The lowest BCUT2D eigenvalue weighted by Crippen LogP contribution is -2.46. The van der Waals surface area contributed by atoms with Gasteiger partial charge in [-0.15, -0.1) is 0 Å². The van der Waals surface area contributed by atoms with E-state index in [1.807, 2.05) is 24.3 Å². The van der Waals surface area contributed by atoms with Crippen LogP contribution in [-0.2, 0) is 25.4 Å². The van der Waals surface area contributed by atoms with Gasteiger partial charge in [-0.25, -0.2) is 9.78 Å². The summed E-state index contributed by atoms with van der Waals surface area (Å²) < 4.78 is 4.12. The number of fused-ring (bicyclic) bond motifs is 1. The van der Waals surface area contributed by atoms with Crippen LogP contribution in [0.25, 0.3) is 11.2 Å². The van der Waals surface area contributed by atoms with E-state index in [-0.39, 0.29) is 11.3 Å². The molecule has 1 saturated heterocycles. The molecule has 1 unspecified atom stereocenters. The standard InChI is InChI=1S/C22H27ClN6O3/c1-14(15(2)30)29-18(24-20-19(29)21(31)26(4)22(32)25(20)3)13-27-8-10-28(11-9-27)17-7-5-6-16(23)12-17/h5-7,12,14H,8-11,13H2,1-4H3. The maximum Gasteiger partial charge on any atom is 0.332 e. The van der Waals surface area contributed by atoms with Crippen LogP contribution < -0.4 is 16.1 Å². The molecule has 0 saturated carbocycles. The van der Waals surface area contributed by atoms with E-state index in [9.17, 15) is 14.4 Å². The van der Waals surface area contributed by atoms with Crippen LogP contribution in [0.4, 0.5) is 5.69 Å². The molecule has 0 radical (unpaired) electrons. The first kappa shape index (κ1) is 22.3. The van der Waals surface area contributed by atoms with Crippen molar-refractivity contribution in [3.8, 4) is 0 Å². The minimum Gasteiger partial charge on any atom is -0.369 e. The second-order valence-corrected chi connectivity index (χ2v) is 8.74. The Morgan fingerprint density at radius 2 is 1.81 bits per heavy atom. The number of piperazine rings is 1. The Labute approximate surface area is 190 Å². The van der Waals surface area contributed by atoms with Crippen molar-refractivity contribution in [3.63, 3.8) is 0 Å². The first-order valence-corrected chi connectivity index (χ1v) is 11.0. The molecule has 0 amide bonds. The second-order valence-electron chi connectivity index (χ2n) is 8.31. The summed E-state index contributed by atoms with van der Waals surface area (Å²) in [7, 11) is 3.03. The Morgan fingerprint density at radius 3 is 2.44 bits per heavy atom. The SMILES string of the molecule is CC(=O)C(C)n1c(CN2CCN(c3cccc(Cl)c3)CC2)nc2c1c(=O)n(C)c(=O)n2C. The van der Waals surface area contributed by atoms with Gasteiger partial charge in [-0.1, -0.05) is 17.7 Å². The van der Waals surface area contributed by atoms with Gasteiger partial charge < -0.3 is 9.47 Å². The fraction of sp³-hybridized carbons (Fsp3) is 0.455. The smallest absolute Gasteiger partial charge is 0.332 e. The van der Waals surface area contributed by atoms with Crippen molar-refractivity contribution >= 4 is 34.2 Å². The van der Waals surface area contributed by atoms with Crippen molar-refractivity contribution < 1.29 is 4.79 Å². The average Bonchev–Trinajstić information content (AvgIpc) is 3.15. The van der Waals surface area contributed by atoms with Crippen LogP contribution in [0, 0.1) is 0 Å². The van der Waals surface area contributed by atoms with Crippen molar-refractivity contribution in [2.75, 3.05) is 31.1 Å². The summed E-state index contributed by atoms with van der Waals surface area (Å²) in [6.45, 7) is 6.96. The molecule has 10 heteroatoms. The first-order chi connectivity index (χ1) is 15.2. The molecule has 0 aliphatic carbocycles. The third kappa shape index (κ3) is 3.86. The molecule has 4 rings (SSSR count). The number of aromatic nitrogens is 4. The minimum absolute atomic E-state index is 0.0766. The lowest BCUT2D eigenvalue weighted by Gasteiger charge is -2.36. The molecule has 3 aromatic rings. The lowest BCUT2D eigenvalue weighted by molar-refractivity contribution is -0.119. The van der Waals surface area contributed by atoms with E-state index in [1.54, 1.807) is 18.5 Å². The topological polar surface area (TPSA) is 85.4 Å². The highest BCUT2D eigenvalue weighted by atomic mass is 35.5. The highest BCUT2D eigenvalue weighted by Crippen LogP contribution is 2.23. The van der Waals surface area contributed by atoms with Crippen LogP contribution in [0.3, 0.4) is 0 Å². The van der Waals surface area contributed by atoms with Crippen molar-refractivity contribution in [3.05, 3.63) is 56.0 Å². The van der Waals surface area contributed by atoms with Gasteiger partial charge in [0, 0.05) is 51.0 Å². The van der Waals surface area contributed by atoms with Crippen molar-refractivity contribution in [2.24, 2.45) is 14.1 Å². The number of carbonyl (C=O) groups excluding carboxylic acids is 1. The fourth-order valence-corrected chi connectivity index (χ4v) is 4.39. The van der Waals surface area contributed by atoms with Crippen LogP contribution in [0.2, 0.25) is 5.02 Å². The van der Waals surface area contributed by atoms with Gasteiger partial charge in [-0.05, 0) is 32.0 Å². The van der Waals surface area contributed by atoms with Gasteiger partial charge in [0.1, 0.15) is 5.82 Å². The predicted octanol–water partition coefficient (Wildman–Crippen LogP) is 1.56. The molecule has 0 spiro atoms. The van der Waals surface area contributed by atoms with Gasteiger partial charge in [0.25, 0.3) is 5.56 Å². The zero-order valence-corrected chi connectivity index (χ0v) is 19.5. The highest BCUT2D eigenvalue weighted by Gasteiger charge is 2.26. The van der Waals surface area contributed by atoms with Gasteiger partial charge in [-0.2, -0.15) is 0 Å². The largest absolute Gasteiger partial charge is 0.369 e. The Kier molecular flexibility index (Phi) is 5.96. The average molecular weight is 459 g/mol. The predicted molar refractivity (Wildman–Crippen MR) is 125 cm³/mol. The van der Waals surface area contributed by atoms with Gasteiger partial charge in [-0.3, -0.25) is 23.6 Å². The lowest BCUT2D eigenvalue weighted by atomic mass is 10.2. The molecule has 1 aromatic carbocycles. The number of halogens is 1. The van der Waals surface area contributed by atoms with E-state index in [0.29, 0.717) is 23.0 Å². The molecule has 9 nitrogen and oxygen atoms in total. The summed E-state index contributed by atoms with van der Waals surface area (Å²) in [5.41, 5.74) is 0.793. The molecule has 1 atom stereocenters. The summed E-state index contributed by atoms with van der Waals surface area (Å²) >= 11 is 6.13. The monoisotopic (exact) mass is 458 g/mol. The number of anilines is 1. The Morgan fingerprint density at radius 1 is 1.12 bits per heavy atom. The molecule has 2 aromatic heterocycles.